The Morgan fingerprint density at radius 2 is 1.65 bits per heavy atom. The second-order valence-electron chi connectivity index (χ2n) is 12.1. The van der Waals surface area contributed by atoms with Gasteiger partial charge in [-0.15, -0.1) is 0 Å². The van der Waals surface area contributed by atoms with Crippen LogP contribution >= 0.6 is 0 Å². The number of aliphatic carboxylic acids is 1. The molecule has 2 aliphatic rings. The van der Waals surface area contributed by atoms with Crippen molar-refractivity contribution in [3.8, 4) is 0 Å². The van der Waals surface area contributed by atoms with E-state index in [0.29, 0.717) is 25.8 Å². The number of hydrogen-bond donors (Lipinski definition) is 3. The van der Waals surface area contributed by atoms with Crippen molar-refractivity contribution in [2.24, 2.45) is 17.8 Å². The molecule has 5 atom stereocenters. The number of rotatable bonds is 15. The van der Waals surface area contributed by atoms with Crippen LogP contribution in [0.3, 0.4) is 0 Å². The Kier molecular flexibility index (Phi) is 20.8. The van der Waals surface area contributed by atoms with E-state index in [0.717, 1.165) is 35.4 Å². The van der Waals surface area contributed by atoms with E-state index in [9.17, 15) is 19.1 Å². The average molecular weight is 665 g/mol. The summed E-state index contributed by atoms with van der Waals surface area (Å²) < 4.78 is 11.6. The summed E-state index contributed by atoms with van der Waals surface area (Å²) in [4.78, 5) is 27.6. The number of carbonyl (C=O) groups is 2. The van der Waals surface area contributed by atoms with E-state index < -0.39 is 18.2 Å². The average Bonchev–Trinajstić information content (AvgIpc) is 3.18. The molecule has 3 N–H and O–H groups in total. The van der Waals surface area contributed by atoms with Gasteiger partial charge in [0.25, 0.3) is 0 Å². The van der Waals surface area contributed by atoms with Crippen LogP contribution in [0.5, 0.6) is 0 Å². The minimum absolute atomic E-state index is 0.0168. The van der Waals surface area contributed by atoms with Crippen LogP contribution in [0.15, 0.2) is 102 Å². The molecule has 1 aliphatic carbocycles. The third-order valence-electron chi connectivity index (χ3n) is 8.45. The zero-order valence-electron chi connectivity index (χ0n) is 30.5. The molecular formula is C41H61FN2O4. The number of halogens is 1. The second-order valence-corrected chi connectivity index (χ2v) is 12.1. The van der Waals surface area contributed by atoms with E-state index in [2.05, 4.69) is 56.1 Å². The highest BCUT2D eigenvalue weighted by molar-refractivity contribution is 5.96. The van der Waals surface area contributed by atoms with Crippen molar-refractivity contribution in [1.82, 2.24) is 4.90 Å². The third-order valence-corrected chi connectivity index (χ3v) is 8.45. The standard InChI is InChI=1S/C34H46N2O4.C5H9F.C2H6/c1-5-15-25(4)33-30(26-16-10-7-8-11-17-26)31(34(40)35-27-18-12-9-13-19-27)32(24(3)6-2)36(33)23-22-28(37)20-14-21-29(38)39;1-3-4-5(2)6;1-2/h7-13,15-19,24,26,28,31-32,37H,5-6,14,20-23H2,1-4H3,(H,35,40)(H,38,39);3-5H,1-2H3;1-2H3/b25-15+;4-3-;. The number of allylic oxidation sites excluding steroid dienone is 10. The summed E-state index contributed by atoms with van der Waals surface area (Å²) in [7, 11) is 0. The number of amides is 1. The van der Waals surface area contributed by atoms with Crippen molar-refractivity contribution in [2.75, 3.05) is 11.9 Å². The van der Waals surface area contributed by atoms with Gasteiger partial charge in [-0.25, -0.2) is 4.39 Å². The number of aliphatic hydroxyl groups is 1. The normalized spacial score (nSPS) is 19.6. The van der Waals surface area contributed by atoms with Gasteiger partial charge in [-0.2, -0.15) is 0 Å². The highest BCUT2D eigenvalue weighted by Crippen LogP contribution is 2.46. The maximum atomic E-state index is 14.2. The van der Waals surface area contributed by atoms with Crippen LogP contribution in [0, 0.1) is 17.8 Å². The molecule has 48 heavy (non-hydrogen) atoms. The van der Waals surface area contributed by atoms with E-state index in [1.165, 1.54) is 13.0 Å². The summed E-state index contributed by atoms with van der Waals surface area (Å²) in [6.45, 7) is 16.5. The van der Waals surface area contributed by atoms with Gasteiger partial charge in [0.2, 0.25) is 5.91 Å². The van der Waals surface area contributed by atoms with Gasteiger partial charge in [0, 0.05) is 36.3 Å². The fourth-order valence-corrected chi connectivity index (χ4v) is 6.18. The Balaban J connectivity index is 0.00000129. The summed E-state index contributed by atoms with van der Waals surface area (Å²) in [5, 5.41) is 23.0. The summed E-state index contributed by atoms with van der Waals surface area (Å²) in [5.41, 5.74) is 4.11. The fraction of sp³-hybridized carbons (Fsp3) is 0.512. The molecule has 0 bridgehead atoms. The van der Waals surface area contributed by atoms with Crippen LogP contribution < -0.4 is 5.32 Å². The number of para-hydroxylation sites is 1. The lowest BCUT2D eigenvalue weighted by Crippen LogP contribution is -2.45. The van der Waals surface area contributed by atoms with Crippen LogP contribution in [0.25, 0.3) is 0 Å². The van der Waals surface area contributed by atoms with Gasteiger partial charge in [-0.05, 0) is 75.7 Å². The van der Waals surface area contributed by atoms with Gasteiger partial charge < -0.3 is 20.4 Å². The number of benzene rings is 1. The number of carboxylic acids is 1. The maximum absolute atomic E-state index is 14.2. The number of aliphatic hydroxyl groups excluding tert-OH is 1. The lowest BCUT2D eigenvalue weighted by Gasteiger charge is -2.37. The number of hydrogen-bond acceptors (Lipinski definition) is 4. The van der Waals surface area contributed by atoms with Crippen molar-refractivity contribution in [2.45, 2.75) is 112 Å². The largest absolute Gasteiger partial charge is 0.481 e. The molecule has 6 nitrogen and oxygen atoms in total. The van der Waals surface area contributed by atoms with Gasteiger partial charge in [0.15, 0.2) is 0 Å². The Morgan fingerprint density at radius 1 is 1.02 bits per heavy atom. The summed E-state index contributed by atoms with van der Waals surface area (Å²) >= 11 is 0. The van der Waals surface area contributed by atoms with Gasteiger partial charge in [0.05, 0.1) is 12.0 Å². The van der Waals surface area contributed by atoms with Gasteiger partial charge in [-0.1, -0.05) is 114 Å². The molecular weight excluding hydrogens is 603 g/mol. The Hall–Kier alpha value is -3.71. The van der Waals surface area contributed by atoms with Gasteiger partial charge in [0.1, 0.15) is 6.17 Å². The highest BCUT2D eigenvalue weighted by atomic mass is 19.1. The predicted octanol–water partition coefficient (Wildman–Crippen LogP) is 9.83. The minimum Gasteiger partial charge on any atom is -0.481 e. The van der Waals surface area contributed by atoms with Crippen LogP contribution in [-0.2, 0) is 9.59 Å². The zero-order valence-corrected chi connectivity index (χ0v) is 30.5. The third kappa shape index (κ3) is 13.8. The van der Waals surface area contributed by atoms with Crippen molar-refractivity contribution in [1.29, 1.82) is 0 Å². The van der Waals surface area contributed by atoms with Crippen LogP contribution in [0.4, 0.5) is 10.1 Å². The number of nitrogens with one attached hydrogen (secondary N) is 1. The highest BCUT2D eigenvalue weighted by Gasteiger charge is 2.48. The van der Waals surface area contributed by atoms with E-state index in [1.807, 2.05) is 68.5 Å². The van der Waals surface area contributed by atoms with E-state index >= 15 is 0 Å². The SMILES string of the molecule is C/C=C\C(C)F.CC.CC/C=C(\C)C1=C(C2C=CC=CC=C2)C(C(=O)Nc2ccccc2)C(C(C)CC)N1CCC(O)CCCC(=O)O. The van der Waals surface area contributed by atoms with E-state index in [-0.39, 0.29) is 36.1 Å². The van der Waals surface area contributed by atoms with Gasteiger partial charge >= 0.3 is 5.97 Å². The lowest BCUT2D eigenvalue weighted by atomic mass is 9.79. The van der Waals surface area contributed by atoms with E-state index in [4.69, 9.17) is 5.11 Å². The molecule has 0 saturated carbocycles. The summed E-state index contributed by atoms with van der Waals surface area (Å²) in [5.74, 6) is -1.07. The summed E-state index contributed by atoms with van der Waals surface area (Å²) in [6.07, 6.45) is 19.7. The number of carboxylic acid groups (broad SMARTS) is 1. The molecule has 1 amide bonds. The molecule has 0 radical (unpaired) electrons. The summed E-state index contributed by atoms with van der Waals surface area (Å²) in [6, 6.07) is 9.53. The van der Waals surface area contributed by atoms with Crippen molar-refractivity contribution >= 4 is 17.6 Å². The van der Waals surface area contributed by atoms with Crippen LogP contribution in [0.2, 0.25) is 0 Å². The Morgan fingerprint density at radius 3 is 2.15 bits per heavy atom. The first-order valence-electron chi connectivity index (χ1n) is 17.8. The van der Waals surface area contributed by atoms with Crippen LogP contribution in [-0.4, -0.2) is 51.9 Å². The first-order valence-corrected chi connectivity index (χ1v) is 17.8. The Bertz CT molecular complexity index is 1260. The molecule has 1 aromatic rings. The molecule has 7 heteroatoms. The molecule has 1 heterocycles. The molecule has 266 valence electrons. The second kappa shape index (κ2) is 23.6. The monoisotopic (exact) mass is 664 g/mol. The van der Waals surface area contributed by atoms with Gasteiger partial charge in [-0.3, -0.25) is 9.59 Å². The molecule has 1 aliphatic heterocycles. The first-order chi connectivity index (χ1) is 23.0. The topological polar surface area (TPSA) is 89.9 Å². The van der Waals surface area contributed by atoms with Crippen LogP contribution in [0.1, 0.15) is 93.9 Å². The molecule has 0 saturated heterocycles. The number of anilines is 1. The van der Waals surface area contributed by atoms with Crippen molar-refractivity contribution < 1.29 is 24.2 Å². The minimum atomic E-state index is -0.843. The smallest absolute Gasteiger partial charge is 0.303 e. The molecule has 0 aromatic heterocycles. The molecule has 0 fully saturated rings. The predicted molar refractivity (Wildman–Crippen MR) is 199 cm³/mol. The first kappa shape index (κ1) is 42.3. The zero-order chi connectivity index (χ0) is 36.1. The lowest BCUT2D eigenvalue weighted by molar-refractivity contribution is -0.137. The number of alkyl halides is 1. The molecule has 0 spiro atoms. The van der Waals surface area contributed by atoms with E-state index in [1.54, 1.807) is 13.0 Å². The fourth-order valence-electron chi connectivity index (χ4n) is 6.18. The maximum Gasteiger partial charge on any atom is 0.303 e. The quantitative estimate of drug-likeness (QED) is 0.162. The molecule has 3 rings (SSSR count). The number of carbonyl (C=O) groups excluding carboxylic acids is 1. The van der Waals surface area contributed by atoms with Crippen molar-refractivity contribution in [3.05, 3.63) is 102 Å². The molecule has 5 unspecified atom stereocenters. The van der Waals surface area contributed by atoms with Crippen molar-refractivity contribution in [3.63, 3.8) is 0 Å². The number of nitrogens with zero attached hydrogens (tertiary/aromatic N) is 1. The molecule has 1 aromatic carbocycles. The Labute approximate surface area is 289 Å².